The van der Waals surface area contributed by atoms with Crippen molar-refractivity contribution in [3.8, 4) is 5.75 Å². The lowest BCUT2D eigenvalue weighted by Gasteiger charge is -2.36. The van der Waals surface area contributed by atoms with Gasteiger partial charge in [-0.25, -0.2) is 0 Å². The van der Waals surface area contributed by atoms with Gasteiger partial charge in [-0.15, -0.1) is 0 Å². The van der Waals surface area contributed by atoms with Crippen molar-refractivity contribution in [2.45, 2.75) is 26.7 Å². The molecule has 1 saturated heterocycles. The molecule has 0 spiro atoms. The molecule has 1 aliphatic rings. The summed E-state index contributed by atoms with van der Waals surface area (Å²) in [4.78, 5) is 14.2. The Hall–Kier alpha value is -1.51. The van der Waals surface area contributed by atoms with Gasteiger partial charge in [-0.3, -0.25) is 4.79 Å². The van der Waals surface area contributed by atoms with Crippen LogP contribution in [0.2, 0.25) is 0 Å². The molecule has 0 N–H and O–H groups in total. The molecule has 0 aromatic heterocycles. The molecule has 0 atom stereocenters. The van der Waals surface area contributed by atoms with E-state index >= 15 is 0 Å². The average Bonchev–Trinajstić information content (AvgIpc) is 2.38. The summed E-state index contributed by atoms with van der Waals surface area (Å²) in [6, 6.07) is 7.34. The largest absolute Gasteiger partial charge is 0.497 e. The van der Waals surface area contributed by atoms with Crippen molar-refractivity contribution >= 4 is 5.91 Å². The van der Waals surface area contributed by atoms with Crippen molar-refractivity contribution in [3.63, 3.8) is 0 Å². The first kappa shape index (κ1) is 12.9. The number of carbonyl (C=O) groups excluding carboxylic acids is 1. The highest BCUT2D eigenvalue weighted by Gasteiger charge is 2.28. The number of nitrogens with zero attached hydrogens (tertiary/aromatic N) is 1. The van der Waals surface area contributed by atoms with Crippen LogP contribution in [0.15, 0.2) is 24.3 Å². The number of carbonyl (C=O) groups is 1. The predicted molar refractivity (Wildman–Crippen MR) is 71.9 cm³/mol. The van der Waals surface area contributed by atoms with E-state index in [4.69, 9.17) is 4.74 Å². The van der Waals surface area contributed by atoms with Crippen molar-refractivity contribution in [1.82, 2.24) is 4.90 Å². The second kappa shape index (κ2) is 5.01. The standard InChI is InChI=1S/C15H21NO2/c1-15(2)8-10-16(11-9-15)14(17)12-4-6-13(18-3)7-5-12/h4-7H,8-11H2,1-3H3. The van der Waals surface area contributed by atoms with Gasteiger partial charge in [0.05, 0.1) is 7.11 Å². The average molecular weight is 247 g/mol. The first-order valence-corrected chi connectivity index (χ1v) is 6.45. The minimum absolute atomic E-state index is 0.133. The maximum Gasteiger partial charge on any atom is 0.253 e. The van der Waals surface area contributed by atoms with E-state index in [-0.39, 0.29) is 5.91 Å². The summed E-state index contributed by atoms with van der Waals surface area (Å²) in [6.45, 7) is 6.25. The first-order chi connectivity index (χ1) is 8.52. The van der Waals surface area contributed by atoms with Crippen LogP contribution < -0.4 is 4.74 Å². The Balaban J connectivity index is 2.03. The molecule has 1 aromatic rings. The lowest BCUT2D eigenvalue weighted by Crippen LogP contribution is -2.41. The molecule has 2 rings (SSSR count). The Morgan fingerprint density at radius 3 is 2.22 bits per heavy atom. The van der Waals surface area contributed by atoms with Gasteiger partial charge in [-0.05, 0) is 42.5 Å². The third-order valence-electron chi connectivity index (χ3n) is 3.74. The molecule has 1 aliphatic heterocycles. The summed E-state index contributed by atoms with van der Waals surface area (Å²) in [6.07, 6.45) is 2.16. The third kappa shape index (κ3) is 2.84. The molecule has 0 aliphatic carbocycles. The molecule has 0 bridgehead atoms. The SMILES string of the molecule is COc1ccc(C(=O)N2CCC(C)(C)CC2)cc1. The number of methoxy groups -OCH3 is 1. The van der Waals surface area contributed by atoms with Crippen LogP contribution in [0.5, 0.6) is 5.75 Å². The monoisotopic (exact) mass is 247 g/mol. The summed E-state index contributed by atoms with van der Waals surface area (Å²) < 4.78 is 5.10. The number of rotatable bonds is 2. The molecule has 0 unspecified atom stereocenters. The van der Waals surface area contributed by atoms with Crippen molar-refractivity contribution in [3.05, 3.63) is 29.8 Å². The van der Waals surface area contributed by atoms with Crippen molar-refractivity contribution in [1.29, 1.82) is 0 Å². The van der Waals surface area contributed by atoms with E-state index in [1.807, 2.05) is 29.2 Å². The first-order valence-electron chi connectivity index (χ1n) is 6.45. The maximum atomic E-state index is 12.3. The van der Waals surface area contributed by atoms with Gasteiger partial charge in [0.15, 0.2) is 0 Å². The zero-order chi connectivity index (χ0) is 13.2. The maximum absolute atomic E-state index is 12.3. The highest BCUT2D eigenvalue weighted by Crippen LogP contribution is 2.30. The van der Waals surface area contributed by atoms with Gasteiger partial charge in [0.1, 0.15) is 5.75 Å². The minimum Gasteiger partial charge on any atom is -0.497 e. The van der Waals surface area contributed by atoms with E-state index in [0.29, 0.717) is 5.41 Å². The van der Waals surface area contributed by atoms with Crippen LogP contribution >= 0.6 is 0 Å². The van der Waals surface area contributed by atoms with Crippen LogP contribution in [0.1, 0.15) is 37.0 Å². The Kier molecular flexibility index (Phi) is 3.60. The summed E-state index contributed by atoms with van der Waals surface area (Å²) in [5.74, 6) is 0.916. The molecule has 1 heterocycles. The van der Waals surface area contributed by atoms with Gasteiger partial charge < -0.3 is 9.64 Å². The fourth-order valence-electron chi connectivity index (χ4n) is 2.23. The number of amides is 1. The molecule has 18 heavy (non-hydrogen) atoms. The summed E-state index contributed by atoms with van der Waals surface area (Å²) in [5.41, 5.74) is 1.12. The predicted octanol–water partition coefficient (Wildman–Crippen LogP) is 2.96. The van der Waals surface area contributed by atoms with Gasteiger partial charge in [0.25, 0.3) is 5.91 Å². The minimum atomic E-state index is 0.133. The van der Waals surface area contributed by atoms with Gasteiger partial charge in [0.2, 0.25) is 0 Å². The van der Waals surface area contributed by atoms with Crippen LogP contribution in [0, 0.1) is 5.41 Å². The van der Waals surface area contributed by atoms with Gasteiger partial charge in [-0.1, -0.05) is 13.8 Å². The summed E-state index contributed by atoms with van der Waals surface area (Å²) >= 11 is 0. The smallest absolute Gasteiger partial charge is 0.253 e. The van der Waals surface area contributed by atoms with E-state index in [1.165, 1.54) is 0 Å². The zero-order valence-corrected chi connectivity index (χ0v) is 11.4. The number of likely N-dealkylation sites (tertiary alicyclic amines) is 1. The number of piperidine rings is 1. The summed E-state index contributed by atoms with van der Waals surface area (Å²) in [5, 5.41) is 0. The lowest BCUT2D eigenvalue weighted by molar-refractivity contribution is 0.0630. The van der Waals surface area contributed by atoms with Crippen LogP contribution in [0.3, 0.4) is 0 Å². The molecule has 3 heteroatoms. The van der Waals surface area contributed by atoms with Crippen LogP contribution in [-0.2, 0) is 0 Å². The fraction of sp³-hybridized carbons (Fsp3) is 0.533. The number of ether oxygens (including phenoxy) is 1. The van der Waals surface area contributed by atoms with E-state index in [2.05, 4.69) is 13.8 Å². The van der Waals surface area contributed by atoms with Gasteiger partial charge in [0, 0.05) is 18.7 Å². The van der Waals surface area contributed by atoms with Crippen LogP contribution in [0.25, 0.3) is 0 Å². The summed E-state index contributed by atoms with van der Waals surface area (Å²) in [7, 11) is 1.63. The van der Waals surface area contributed by atoms with E-state index in [0.717, 1.165) is 37.2 Å². The highest BCUT2D eigenvalue weighted by atomic mass is 16.5. The Labute approximate surface area is 109 Å². The number of hydrogen-bond acceptors (Lipinski definition) is 2. The molecule has 1 fully saturated rings. The molecule has 1 amide bonds. The second-order valence-electron chi connectivity index (χ2n) is 5.68. The lowest BCUT2D eigenvalue weighted by atomic mass is 9.82. The van der Waals surface area contributed by atoms with Crippen LogP contribution in [0.4, 0.5) is 0 Å². The normalized spacial score (nSPS) is 18.5. The molecule has 1 aromatic carbocycles. The molecule has 0 saturated carbocycles. The van der Waals surface area contributed by atoms with Gasteiger partial charge >= 0.3 is 0 Å². The van der Waals surface area contributed by atoms with Gasteiger partial charge in [-0.2, -0.15) is 0 Å². The second-order valence-corrected chi connectivity index (χ2v) is 5.68. The Morgan fingerprint density at radius 2 is 1.72 bits per heavy atom. The molecule has 98 valence electrons. The fourth-order valence-corrected chi connectivity index (χ4v) is 2.23. The third-order valence-corrected chi connectivity index (χ3v) is 3.74. The molecular formula is C15H21NO2. The molecular weight excluding hydrogens is 226 g/mol. The van der Waals surface area contributed by atoms with E-state index < -0.39 is 0 Å². The molecule has 3 nitrogen and oxygen atoms in total. The van der Waals surface area contributed by atoms with Crippen LogP contribution in [-0.4, -0.2) is 31.0 Å². The number of benzene rings is 1. The molecule has 0 radical (unpaired) electrons. The zero-order valence-electron chi connectivity index (χ0n) is 11.4. The number of hydrogen-bond donors (Lipinski definition) is 0. The quantitative estimate of drug-likeness (QED) is 0.804. The van der Waals surface area contributed by atoms with Crippen molar-refractivity contribution < 1.29 is 9.53 Å². The van der Waals surface area contributed by atoms with Crippen molar-refractivity contribution in [2.24, 2.45) is 5.41 Å². The van der Waals surface area contributed by atoms with Crippen molar-refractivity contribution in [2.75, 3.05) is 20.2 Å². The van der Waals surface area contributed by atoms with E-state index in [9.17, 15) is 4.79 Å². The Morgan fingerprint density at radius 1 is 1.17 bits per heavy atom. The van der Waals surface area contributed by atoms with E-state index in [1.54, 1.807) is 7.11 Å². The topological polar surface area (TPSA) is 29.5 Å². The highest BCUT2D eigenvalue weighted by molar-refractivity contribution is 5.94. The Bertz CT molecular complexity index is 413.